The van der Waals surface area contributed by atoms with Crippen molar-refractivity contribution in [1.29, 1.82) is 0 Å². The lowest BCUT2D eigenvalue weighted by Crippen LogP contribution is -2.10. The van der Waals surface area contributed by atoms with Crippen LogP contribution in [0.25, 0.3) is 10.9 Å². The van der Waals surface area contributed by atoms with Gasteiger partial charge in [0.15, 0.2) is 0 Å². The Labute approximate surface area is 84.3 Å². The zero-order valence-corrected chi connectivity index (χ0v) is 7.94. The van der Waals surface area contributed by atoms with Gasteiger partial charge in [-0.2, -0.15) is 0 Å². The van der Waals surface area contributed by atoms with Crippen LogP contribution in [0.15, 0.2) is 29.1 Å². The summed E-state index contributed by atoms with van der Waals surface area (Å²) in [5.74, 6) is -0.202. The van der Waals surface area contributed by atoms with E-state index >= 15 is 0 Å². The van der Waals surface area contributed by atoms with Gasteiger partial charge in [-0.05, 0) is 24.3 Å². The second-order valence-electron chi connectivity index (χ2n) is 2.99. The molecule has 1 heterocycles. The highest BCUT2D eigenvalue weighted by atomic mass is 35.5. The fourth-order valence-corrected chi connectivity index (χ4v) is 1.52. The summed E-state index contributed by atoms with van der Waals surface area (Å²) in [6, 6.07) is 5.80. The standard InChI is InChI=1S/C10H7ClFNO/c11-5-7-3-6-4-8(12)1-2-9(6)13-10(7)14/h1-4H,5H2,(H,13,14). The molecule has 0 radical (unpaired) electrons. The number of halogens is 2. The molecule has 2 rings (SSSR count). The van der Waals surface area contributed by atoms with Crippen molar-refractivity contribution in [2.45, 2.75) is 5.88 Å². The third-order valence-corrected chi connectivity index (χ3v) is 2.32. The Bertz CT molecular complexity index is 535. The molecule has 0 spiro atoms. The molecule has 1 aromatic heterocycles. The molecule has 0 aliphatic heterocycles. The number of aromatic amines is 1. The van der Waals surface area contributed by atoms with Crippen LogP contribution >= 0.6 is 11.6 Å². The monoisotopic (exact) mass is 211 g/mol. The maximum atomic E-state index is 12.8. The summed E-state index contributed by atoms with van der Waals surface area (Å²) in [7, 11) is 0. The molecule has 1 aromatic carbocycles. The summed E-state index contributed by atoms with van der Waals surface area (Å²) in [5, 5.41) is 0.653. The molecule has 72 valence electrons. The van der Waals surface area contributed by atoms with E-state index in [9.17, 15) is 9.18 Å². The highest BCUT2D eigenvalue weighted by molar-refractivity contribution is 6.17. The van der Waals surface area contributed by atoms with Crippen LogP contribution in [-0.4, -0.2) is 4.98 Å². The van der Waals surface area contributed by atoms with Gasteiger partial charge in [-0.3, -0.25) is 4.79 Å². The third-order valence-electron chi connectivity index (χ3n) is 2.03. The van der Waals surface area contributed by atoms with E-state index in [0.29, 0.717) is 16.5 Å². The van der Waals surface area contributed by atoms with E-state index < -0.39 is 0 Å². The van der Waals surface area contributed by atoms with Gasteiger partial charge in [0.05, 0.1) is 5.88 Å². The van der Waals surface area contributed by atoms with Gasteiger partial charge in [0.2, 0.25) is 0 Å². The highest BCUT2D eigenvalue weighted by Gasteiger charge is 2.02. The molecule has 4 heteroatoms. The van der Waals surface area contributed by atoms with E-state index in [1.165, 1.54) is 18.2 Å². The summed E-state index contributed by atoms with van der Waals surface area (Å²) in [4.78, 5) is 13.9. The summed E-state index contributed by atoms with van der Waals surface area (Å²) in [5.41, 5.74) is 0.842. The molecule has 0 atom stereocenters. The second-order valence-corrected chi connectivity index (χ2v) is 3.26. The van der Waals surface area contributed by atoms with Gasteiger partial charge >= 0.3 is 0 Å². The molecule has 0 saturated carbocycles. The molecule has 1 N–H and O–H groups in total. The lowest BCUT2D eigenvalue weighted by atomic mass is 10.2. The van der Waals surface area contributed by atoms with Gasteiger partial charge in [-0.15, -0.1) is 11.6 Å². The summed E-state index contributed by atoms with van der Waals surface area (Å²) < 4.78 is 12.8. The smallest absolute Gasteiger partial charge is 0.252 e. The lowest BCUT2D eigenvalue weighted by Gasteiger charge is -1.99. The first kappa shape index (κ1) is 9.21. The first-order valence-electron chi connectivity index (χ1n) is 4.08. The molecule has 2 nitrogen and oxygen atoms in total. The number of alkyl halides is 1. The number of rotatable bonds is 1. The van der Waals surface area contributed by atoms with E-state index in [1.54, 1.807) is 6.07 Å². The first-order valence-corrected chi connectivity index (χ1v) is 4.61. The summed E-state index contributed by atoms with van der Waals surface area (Å²) in [6.45, 7) is 0. The number of hydrogen-bond acceptors (Lipinski definition) is 1. The number of hydrogen-bond donors (Lipinski definition) is 1. The average molecular weight is 212 g/mol. The van der Waals surface area contributed by atoms with Crippen molar-refractivity contribution in [3.63, 3.8) is 0 Å². The molecule has 0 bridgehead atoms. The molecular formula is C10H7ClFNO. The highest BCUT2D eigenvalue weighted by Crippen LogP contribution is 2.13. The molecular weight excluding hydrogens is 205 g/mol. The minimum atomic E-state index is -0.329. The molecule has 0 aliphatic rings. The van der Waals surface area contributed by atoms with Gasteiger partial charge in [-0.1, -0.05) is 0 Å². The van der Waals surface area contributed by atoms with Crippen molar-refractivity contribution in [3.8, 4) is 0 Å². The van der Waals surface area contributed by atoms with Gasteiger partial charge in [0.25, 0.3) is 5.56 Å². The molecule has 14 heavy (non-hydrogen) atoms. The van der Waals surface area contributed by atoms with E-state index in [2.05, 4.69) is 4.98 Å². The van der Waals surface area contributed by atoms with E-state index in [0.717, 1.165) is 0 Å². The number of fused-ring (bicyclic) bond motifs is 1. The molecule has 0 amide bonds. The van der Waals surface area contributed by atoms with Crippen LogP contribution in [-0.2, 0) is 5.88 Å². The molecule has 0 saturated heterocycles. The third kappa shape index (κ3) is 1.51. The quantitative estimate of drug-likeness (QED) is 0.722. The topological polar surface area (TPSA) is 32.9 Å². The van der Waals surface area contributed by atoms with Crippen molar-refractivity contribution in [1.82, 2.24) is 4.98 Å². The molecule has 2 aromatic rings. The summed E-state index contributed by atoms with van der Waals surface area (Å²) in [6.07, 6.45) is 0. The fourth-order valence-electron chi connectivity index (χ4n) is 1.32. The van der Waals surface area contributed by atoms with Crippen molar-refractivity contribution in [2.75, 3.05) is 0 Å². The van der Waals surface area contributed by atoms with Crippen LogP contribution in [0.2, 0.25) is 0 Å². The van der Waals surface area contributed by atoms with Gasteiger partial charge < -0.3 is 4.98 Å². The van der Waals surface area contributed by atoms with Crippen LogP contribution in [0, 0.1) is 5.82 Å². The van der Waals surface area contributed by atoms with Crippen molar-refractivity contribution >= 4 is 22.5 Å². The van der Waals surface area contributed by atoms with E-state index in [-0.39, 0.29) is 17.3 Å². The number of H-pyrrole nitrogens is 1. The van der Waals surface area contributed by atoms with Crippen LogP contribution in [0.1, 0.15) is 5.56 Å². The van der Waals surface area contributed by atoms with Crippen molar-refractivity contribution < 1.29 is 4.39 Å². The van der Waals surface area contributed by atoms with Crippen LogP contribution < -0.4 is 5.56 Å². The van der Waals surface area contributed by atoms with Crippen LogP contribution in [0.5, 0.6) is 0 Å². The Balaban J connectivity index is 2.80. The summed E-state index contributed by atoms with van der Waals surface area (Å²) >= 11 is 5.56. The predicted octanol–water partition coefficient (Wildman–Crippen LogP) is 2.41. The van der Waals surface area contributed by atoms with Crippen LogP contribution in [0.4, 0.5) is 4.39 Å². The Kier molecular flexibility index (Phi) is 2.25. The minimum Gasteiger partial charge on any atom is -0.322 e. The Morgan fingerprint density at radius 3 is 2.86 bits per heavy atom. The minimum absolute atomic E-state index is 0.127. The number of nitrogens with one attached hydrogen (secondary N) is 1. The second kappa shape index (κ2) is 3.42. The Morgan fingerprint density at radius 2 is 2.14 bits per heavy atom. The predicted molar refractivity (Wildman–Crippen MR) is 54.1 cm³/mol. The SMILES string of the molecule is O=c1[nH]c2ccc(F)cc2cc1CCl. The zero-order chi connectivity index (χ0) is 10.1. The number of pyridine rings is 1. The average Bonchev–Trinajstić information content (AvgIpc) is 2.17. The largest absolute Gasteiger partial charge is 0.322 e. The molecule has 0 fully saturated rings. The molecule has 0 unspecified atom stereocenters. The van der Waals surface area contributed by atoms with Gasteiger partial charge in [-0.25, -0.2) is 4.39 Å². The van der Waals surface area contributed by atoms with Crippen molar-refractivity contribution in [3.05, 3.63) is 46.0 Å². The lowest BCUT2D eigenvalue weighted by molar-refractivity contribution is 0.629. The van der Waals surface area contributed by atoms with Crippen molar-refractivity contribution in [2.24, 2.45) is 0 Å². The number of benzene rings is 1. The normalized spacial score (nSPS) is 10.7. The zero-order valence-electron chi connectivity index (χ0n) is 7.18. The van der Waals surface area contributed by atoms with Gasteiger partial charge in [0.1, 0.15) is 5.82 Å². The fraction of sp³-hybridized carbons (Fsp3) is 0.100. The van der Waals surface area contributed by atoms with Gasteiger partial charge in [0, 0.05) is 16.5 Å². The van der Waals surface area contributed by atoms with E-state index in [1.807, 2.05) is 0 Å². The first-order chi connectivity index (χ1) is 6.70. The maximum Gasteiger partial charge on any atom is 0.252 e. The molecule has 0 aliphatic carbocycles. The maximum absolute atomic E-state index is 12.8. The number of aromatic nitrogens is 1. The Morgan fingerprint density at radius 1 is 1.36 bits per heavy atom. The van der Waals surface area contributed by atoms with E-state index in [4.69, 9.17) is 11.6 Å². The Hall–Kier alpha value is -1.35. The van der Waals surface area contributed by atoms with Crippen LogP contribution in [0.3, 0.4) is 0 Å².